The minimum Gasteiger partial charge on any atom is -0.480 e. The maximum atomic E-state index is 11.4. The number of carbonyl (C=O) groups is 1. The molecule has 3 N–H and O–H groups in total. The molecule has 1 heterocycles. The number of pyridine rings is 1. The predicted octanol–water partition coefficient (Wildman–Crippen LogP) is 2.15. The lowest BCUT2D eigenvalue weighted by Gasteiger charge is -2.23. The molecule has 0 aromatic carbocycles. The molecule has 0 saturated heterocycles. The quantitative estimate of drug-likeness (QED) is 0.843. The van der Waals surface area contributed by atoms with Crippen LogP contribution in [0, 0.1) is 0 Å². The molecule has 1 aliphatic carbocycles. The molecule has 86 valence electrons. The lowest BCUT2D eigenvalue weighted by Crippen LogP contribution is -2.31. The molecular formula is C11H14N2O2S. The molecule has 1 saturated carbocycles. The Morgan fingerprint density at radius 3 is 2.75 bits per heavy atom. The Labute approximate surface area is 98.3 Å². The van der Waals surface area contributed by atoms with Gasteiger partial charge in [0.05, 0.1) is 11.9 Å². The summed E-state index contributed by atoms with van der Waals surface area (Å²) >= 11 is 1.37. The van der Waals surface area contributed by atoms with Crippen molar-refractivity contribution in [3.8, 4) is 0 Å². The number of nitrogens with zero attached hydrogens (tertiary/aromatic N) is 1. The fourth-order valence-electron chi connectivity index (χ4n) is 2.00. The number of rotatable bonds is 3. The highest BCUT2D eigenvalue weighted by Gasteiger charge is 2.42. The van der Waals surface area contributed by atoms with Gasteiger partial charge in [-0.05, 0) is 18.9 Å². The van der Waals surface area contributed by atoms with E-state index in [9.17, 15) is 9.90 Å². The number of nitrogens with two attached hydrogens (primary N) is 1. The van der Waals surface area contributed by atoms with Crippen molar-refractivity contribution in [3.05, 3.63) is 18.5 Å². The first kappa shape index (κ1) is 11.3. The molecule has 0 radical (unpaired) electrons. The molecule has 1 aromatic heterocycles. The van der Waals surface area contributed by atoms with Crippen LogP contribution in [0.1, 0.15) is 25.7 Å². The zero-order valence-corrected chi connectivity index (χ0v) is 9.67. The lowest BCUT2D eigenvalue weighted by atomic mass is 10.1. The van der Waals surface area contributed by atoms with Crippen LogP contribution in [0.2, 0.25) is 0 Å². The molecule has 16 heavy (non-hydrogen) atoms. The summed E-state index contributed by atoms with van der Waals surface area (Å²) < 4.78 is -0.685. The van der Waals surface area contributed by atoms with E-state index < -0.39 is 10.7 Å². The van der Waals surface area contributed by atoms with Crippen LogP contribution in [-0.4, -0.2) is 20.8 Å². The number of carboxylic acids is 1. The number of thioether (sulfide) groups is 1. The highest BCUT2D eigenvalue weighted by molar-refractivity contribution is 8.01. The molecule has 0 atom stereocenters. The van der Waals surface area contributed by atoms with Crippen LogP contribution in [0.4, 0.5) is 5.69 Å². The topological polar surface area (TPSA) is 76.2 Å². The van der Waals surface area contributed by atoms with Crippen molar-refractivity contribution in [3.63, 3.8) is 0 Å². The number of carboxylic acid groups (broad SMARTS) is 1. The van der Waals surface area contributed by atoms with Crippen molar-refractivity contribution in [2.75, 3.05) is 5.73 Å². The van der Waals surface area contributed by atoms with Crippen LogP contribution >= 0.6 is 11.8 Å². The van der Waals surface area contributed by atoms with Gasteiger partial charge in [0, 0.05) is 11.1 Å². The maximum absolute atomic E-state index is 11.4. The van der Waals surface area contributed by atoms with Gasteiger partial charge in [-0.25, -0.2) is 0 Å². The van der Waals surface area contributed by atoms with Crippen molar-refractivity contribution in [1.82, 2.24) is 4.98 Å². The summed E-state index contributed by atoms with van der Waals surface area (Å²) in [6, 6.07) is 1.78. The molecule has 1 fully saturated rings. The fraction of sp³-hybridized carbons (Fsp3) is 0.455. The maximum Gasteiger partial charge on any atom is 0.320 e. The number of nitrogen functional groups attached to an aromatic ring is 1. The Kier molecular flexibility index (Phi) is 3.05. The van der Waals surface area contributed by atoms with E-state index in [0.717, 1.165) is 30.6 Å². The lowest BCUT2D eigenvalue weighted by molar-refractivity contribution is -0.139. The van der Waals surface area contributed by atoms with Crippen molar-refractivity contribution >= 4 is 23.4 Å². The molecule has 0 amide bonds. The summed E-state index contributed by atoms with van der Waals surface area (Å²) in [5.74, 6) is -0.730. The van der Waals surface area contributed by atoms with Gasteiger partial charge in [-0.3, -0.25) is 9.78 Å². The fourth-order valence-corrected chi connectivity index (χ4v) is 3.30. The van der Waals surface area contributed by atoms with Crippen LogP contribution in [0.25, 0.3) is 0 Å². The second-order valence-electron chi connectivity index (χ2n) is 4.02. The molecule has 0 bridgehead atoms. The van der Waals surface area contributed by atoms with Gasteiger partial charge in [0.1, 0.15) is 4.75 Å². The molecule has 0 aliphatic heterocycles. The molecule has 5 heteroatoms. The van der Waals surface area contributed by atoms with Crippen molar-refractivity contribution in [2.45, 2.75) is 35.3 Å². The molecule has 1 aliphatic rings. The van der Waals surface area contributed by atoms with Gasteiger partial charge in [0.25, 0.3) is 0 Å². The second-order valence-corrected chi connectivity index (χ2v) is 5.45. The van der Waals surface area contributed by atoms with Crippen LogP contribution in [0.5, 0.6) is 0 Å². The zero-order chi connectivity index (χ0) is 11.6. The number of anilines is 1. The number of hydrogen-bond acceptors (Lipinski definition) is 4. The first-order valence-electron chi connectivity index (χ1n) is 5.26. The monoisotopic (exact) mass is 238 g/mol. The third kappa shape index (κ3) is 2.00. The van der Waals surface area contributed by atoms with Gasteiger partial charge in [0.15, 0.2) is 0 Å². The van der Waals surface area contributed by atoms with Crippen molar-refractivity contribution in [1.29, 1.82) is 0 Å². The van der Waals surface area contributed by atoms with Gasteiger partial charge in [-0.2, -0.15) is 0 Å². The van der Waals surface area contributed by atoms with E-state index in [1.807, 2.05) is 0 Å². The Morgan fingerprint density at radius 1 is 1.50 bits per heavy atom. The van der Waals surface area contributed by atoms with Crippen LogP contribution in [0.3, 0.4) is 0 Å². The molecule has 0 spiro atoms. The summed E-state index contributed by atoms with van der Waals surface area (Å²) in [5.41, 5.74) is 6.34. The Balaban J connectivity index is 2.25. The first-order chi connectivity index (χ1) is 7.64. The summed E-state index contributed by atoms with van der Waals surface area (Å²) in [6.45, 7) is 0. The summed E-state index contributed by atoms with van der Waals surface area (Å²) in [6.07, 6.45) is 6.59. The minimum atomic E-state index is -0.730. The van der Waals surface area contributed by atoms with E-state index in [4.69, 9.17) is 5.73 Å². The van der Waals surface area contributed by atoms with Crippen LogP contribution < -0.4 is 5.73 Å². The van der Waals surface area contributed by atoms with E-state index in [0.29, 0.717) is 5.69 Å². The summed E-state index contributed by atoms with van der Waals surface area (Å²) in [4.78, 5) is 16.1. The van der Waals surface area contributed by atoms with E-state index in [1.54, 1.807) is 18.5 Å². The van der Waals surface area contributed by atoms with Gasteiger partial charge < -0.3 is 10.8 Å². The highest BCUT2D eigenvalue weighted by atomic mass is 32.2. The first-order valence-corrected chi connectivity index (χ1v) is 6.08. The number of aliphatic carboxylic acids is 1. The van der Waals surface area contributed by atoms with Gasteiger partial charge >= 0.3 is 5.97 Å². The third-order valence-electron chi connectivity index (χ3n) is 2.92. The molecule has 1 aromatic rings. The van der Waals surface area contributed by atoms with Crippen LogP contribution in [0.15, 0.2) is 23.4 Å². The van der Waals surface area contributed by atoms with Crippen molar-refractivity contribution in [2.24, 2.45) is 0 Å². The number of hydrogen-bond donors (Lipinski definition) is 2. The SMILES string of the molecule is Nc1cnccc1SC1(C(=O)O)CCCC1. The molecule has 0 unspecified atom stereocenters. The van der Waals surface area contributed by atoms with E-state index >= 15 is 0 Å². The zero-order valence-electron chi connectivity index (χ0n) is 8.85. The third-order valence-corrected chi connectivity index (χ3v) is 4.48. The van der Waals surface area contributed by atoms with Gasteiger partial charge in [0.2, 0.25) is 0 Å². The molecule has 2 rings (SSSR count). The highest BCUT2D eigenvalue weighted by Crippen LogP contribution is 2.46. The van der Waals surface area contributed by atoms with Gasteiger partial charge in [-0.1, -0.05) is 12.8 Å². The van der Waals surface area contributed by atoms with E-state index in [2.05, 4.69) is 4.98 Å². The standard InChI is InChI=1S/C11H14N2O2S/c12-8-7-13-6-3-9(8)16-11(10(14)15)4-1-2-5-11/h3,6-7H,1-2,4-5,12H2,(H,14,15). The second kappa shape index (κ2) is 4.33. The van der Waals surface area contributed by atoms with E-state index in [1.165, 1.54) is 11.8 Å². The average molecular weight is 238 g/mol. The number of aromatic nitrogens is 1. The largest absolute Gasteiger partial charge is 0.480 e. The van der Waals surface area contributed by atoms with E-state index in [-0.39, 0.29) is 0 Å². The Morgan fingerprint density at radius 2 is 2.19 bits per heavy atom. The predicted molar refractivity (Wildman–Crippen MR) is 63.3 cm³/mol. The Hall–Kier alpha value is -1.23. The van der Waals surface area contributed by atoms with Crippen LogP contribution in [-0.2, 0) is 4.79 Å². The smallest absolute Gasteiger partial charge is 0.320 e. The summed E-state index contributed by atoms with van der Waals surface area (Å²) in [5, 5.41) is 9.34. The normalized spacial score (nSPS) is 18.5. The molecule has 4 nitrogen and oxygen atoms in total. The minimum absolute atomic E-state index is 0.556. The molecular weight excluding hydrogens is 224 g/mol. The van der Waals surface area contributed by atoms with Crippen molar-refractivity contribution < 1.29 is 9.90 Å². The van der Waals surface area contributed by atoms with Gasteiger partial charge in [-0.15, -0.1) is 11.8 Å². The Bertz CT molecular complexity index is 403. The average Bonchev–Trinajstić information content (AvgIpc) is 2.71. The summed E-state index contributed by atoms with van der Waals surface area (Å²) in [7, 11) is 0.